The Balaban J connectivity index is 1.82. The lowest BCUT2D eigenvalue weighted by Crippen LogP contribution is -2.44. The molecule has 0 aliphatic heterocycles. The van der Waals surface area contributed by atoms with Gasteiger partial charge in [-0.1, -0.05) is 39.3 Å². The van der Waals surface area contributed by atoms with E-state index in [4.69, 9.17) is 0 Å². The van der Waals surface area contributed by atoms with Gasteiger partial charge in [-0.2, -0.15) is 0 Å². The molecule has 1 aliphatic rings. The molecule has 0 aromatic heterocycles. The molecule has 1 aliphatic carbocycles. The summed E-state index contributed by atoms with van der Waals surface area (Å²) >= 11 is 0. The van der Waals surface area contributed by atoms with Gasteiger partial charge in [-0.05, 0) is 61.6 Å². The van der Waals surface area contributed by atoms with Crippen LogP contribution in [0.3, 0.4) is 0 Å². The molecule has 2 amide bonds. The summed E-state index contributed by atoms with van der Waals surface area (Å²) in [5.74, 6) is -0.414. The molecule has 4 heteroatoms. The molecule has 24 heavy (non-hydrogen) atoms. The molecule has 1 fully saturated rings. The fourth-order valence-electron chi connectivity index (χ4n) is 3.47. The predicted octanol–water partition coefficient (Wildman–Crippen LogP) is 4.04. The summed E-state index contributed by atoms with van der Waals surface area (Å²) in [4.78, 5) is 24.2. The summed E-state index contributed by atoms with van der Waals surface area (Å²) in [7, 11) is 0. The fourth-order valence-corrected chi connectivity index (χ4v) is 3.47. The molecule has 132 valence electrons. The van der Waals surface area contributed by atoms with E-state index in [-0.39, 0.29) is 6.04 Å². The van der Waals surface area contributed by atoms with Gasteiger partial charge in [0.15, 0.2) is 0 Å². The molecule has 0 atom stereocenters. The Hall–Kier alpha value is -1.84. The number of carbonyl (C=O) groups is 2. The Morgan fingerprint density at radius 1 is 1.12 bits per heavy atom. The molecular weight excluding hydrogens is 300 g/mol. The van der Waals surface area contributed by atoms with E-state index >= 15 is 0 Å². The molecule has 1 saturated carbocycles. The number of aryl methyl sites for hydroxylation is 1. The highest BCUT2D eigenvalue weighted by atomic mass is 16.2. The second-order valence-electron chi connectivity index (χ2n) is 7.69. The van der Waals surface area contributed by atoms with Crippen molar-refractivity contribution in [2.24, 2.45) is 11.3 Å². The van der Waals surface area contributed by atoms with Crippen molar-refractivity contribution in [3.63, 3.8) is 0 Å². The van der Waals surface area contributed by atoms with E-state index in [2.05, 4.69) is 31.4 Å². The Kier molecular flexibility index (Phi) is 6.03. The van der Waals surface area contributed by atoms with Crippen LogP contribution in [0.4, 0.5) is 5.69 Å². The van der Waals surface area contributed by atoms with Crippen LogP contribution in [0, 0.1) is 18.3 Å². The van der Waals surface area contributed by atoms with Gasteiger partial charge in [0.25, 0.3) is 0 Å². The minimum Gasteiger partial charge on any atom is -0.345 e. The zero-order valence-corrected chi connectivity index (χ0v) is 15.3. The summed E-state index contributed by atoms with van der Waals surface area (Å²) in [5, 5.41) is 5.56. The molecule has 2 N–H and O–H groups in total. The summed E-state index contributed by atoms with van der Waals surface area (Å²) < 4.78 is 0. The third-order valence-electron chi connectivity index (χ3n) is 5.56. The van der Waals surface area contributed by atoms with Crippen LogP contribution in [-0.4, -0.2) is 17.9 Å². The van der Waals surface area contributed by atoms with Crippen molar-refractivity contribution in [3.8, 4) is 0 Å². The van der Waals surface area contributed by atoms with Gasteiger partial charge in [-0.25, -0.2) is 0 Å². The molecule has 2 rings (SSSR count). The third-order valence-corrected chi connectivity index (χ3v) is 5.56. The van der Waals surface area contributed by atoms with E-state index < -0.39 is 11.8 Å². The van der Waals surface area contributed by atoms with Crippen molar-refractivity contribution in [1.82, 2.24) is 5.32 Å². The van der Waals surface area contributed by atoms with Crippen LogP contribution < -0.4 is 10.6 Å². The van der Waals surface area contributed by atoms with Gasteiger partial charge < -0.3 is 10.6 Å². The van der Waals surface area contributed by atoms with E-state index in [1.54, 1.807) is 6.07 Å². The number of anilines is 1. The second-order valence-corrected chi connectivity index (χ2v) is 7.69. The number of carbonyl (C=O) groups excluding carboxylic acids is 2. The molecule has 1 aromatic carbocycles. The maximum absolute atomic E-state index is 12.1. The van der Waals surface area contributed by atoms with Gasteiger partial charge in [0, 0.05) is 11.7 Å². The van der Waals surface area contributed by atoms with Gasteiger partial charge in [0.1, 0.15) is 0 Å². The lowest BCUT2D eigenvalue weighted by atomic mass is 9.69. The van der Waals surface area contributed by atoms with Crippen molar-refractivity contribution >= 4 is 17.5 Å². The normalized spacial score (nSPS) is 21.2. The van der Waals surface area contributed by atoms with Gasteiger partial charge in [0.2, 0.25) is 0 Å². The van der Waals surface area contributed by atoms with Gasteiger partial charge in [0.05, 0.1) is 0 Å². The number of rotatable bonds is 4. The lowest BCUT2D eigenvalue weighted by Gasteiger charge is -2.39. The first kappa shape index (κ1) is 18.5. The molecule has 0 bridgehead atoms. The van der Waals surface area contributed by atoms with Crippen LogP contribution in [0.25, 0.3) is 0 Å². The Bertz CT molecular complexity index is 587. The zero-order valence-electron chi connectivity index (χ0n) is 15.3. The maximum Gasteiger partial charge on any atom is 0.313 e. The molecule has 0 saturated heterocycles. The van der Waals surface area contributed by atoms with E-state index in [1.807, 2.05) is 25.1 Å². The highest BCUT2D eigenvalue weighted by molar-refractivity contribution is 6.39. The van der Waals surface area contributed by atoms with Crippen molar-refractivity contribution in [2.75, 3.05) is 5.32 Å². The third kappa shape index (κ3) is 4.83. The van der Waals surface area contributed by atoms with Crippen LogP contribution in [0.15, 0.2) is 24.3 Å². The van der Waals surface area contributed by atoms with Crippen molar-refractivity contribution in [3.05, 3.63) is 29.8 Å². The Morgan fingerprint density at radius 2 is 1.79 bits per heavy atom. The zero-order chi connectivity index (χ0) is 17.7. The first-order valence-corrected chi connectivity index (χ1v) is 9.00. The average molecular weight is 330 g/mol. The predicted molar refractivity (Wildman–Crippen MR) is 97.8 cm³/mol. The average Bonchev–Trinajstić information content (AvgIpc) is 2.55. The first-order chi connectivity index (χ1) is 11.3. The number of nitrogens with one attached hydrogen (secondary N) is 2. The fraction of sp³-hybridized carbons (Fsp3) is 0.600. The summed E-state index contributed by atoms with van der Waals surface area (Å²) in [5.41, 5.74) is 2.06. The number of hydrogen-bond acceptors (Lipinski definition) is 2. The van der Waals surface area contributed by atoms with E-state index in [0.717, 1.165) is 31.2 Å². The minimum absolute atomic E-state index is 0.115. The topological polar surface area (TPSA) is 58.2 Å². The number of benzene rings is 1. The monoisotopic (exact) mass is 330 g/mol. The van der Waals surface area contributed by atoms with Crippen LogP contribution in [0.5, 0.6) is 0 Å². The van der Waals surface area contributed by atoms with Crippen LogP contribution in [0.2, 0.25) is 0 Å². The van der Waals surface area contributed by atoms with Crippen molar-refractivity contribution in [2.45, 2.75) is 65.8 Å². The molecule has 4 nitrogen and oxygen atoms in total. The lowest BCUT2D eigenvalue weighted by molar-refractivity contribution is -0.136. The highest BCUT2D eigenvalue weighted by Crippen LogP contribution is 2.40. The van der Waals surface area contributed by atoms with Crippen molar-refractivity contribution in [1.29, 1.82) is 0 Å². The molecule has 0 unspecified atom stereocenters. The summed E-state index contributed by atoms with van der Waals surface area (Å²) in [6.07, 6.45) is 5.32. The molecule has 0 radical (unpaired) electrons. The number of hydrogen-bond donors (Lipinski definition) is 2. The maximum atomic E-state index is 12.1. The first-order valence-electron chi connectivity index (χ1n) is 9.00. The number of amides is 2. The van der Waals surface area contributed by atoms with Gasteiger partial charge in [-0.15, -0.1) is 0 Å². The largest absolute Gasteiger partial charge is 0.345 e. The molecule has 0 heterocycles. The summed E-state index contributed by atoms with van der Waals surface area (Å²) in [6.45, 7) is 8.84. The second kappa shape index (κ2) is 7.82. The Labute approximate surface area is 145 Å². The van der Waals surface area contributed by atoms with Crippen molar-refractivity contribution < 1.29 is 9.59 Å². The van der Waals surface area contributed by atoms with E-state index in [9.17, 15) is 9.59 Å². The smallest absolute Gasteiger partial charge is 0.313 e. The van der Waals surface area contributed by atoms with Gasteiger partial charge >= 0.3 is 11.8 Å². The standard InChI is InChI=1S/C20H30N2O2/c1-5-20(3,4)15-9-11-16(12-10-15)21-18(23)19(24)22-17-8-6-7-14(2)13-17/h6-8,13,15-16H,5,9-12H2,1-4H3,(H,21,23)(H,22,24). The van der Waals surface area contributed by atoms with Crippen LogP contribution in [0.1, 0.15) is 58.4 Å². The molecule has 1 aromatic rings. The Morgan fingerprint density at radius 3 is 2.38 bits per heavy atom. The van der Waals surface area contributed by atoms with Gasteiger partial charge in [-0.3, -0.25) is 9.59 Å². The van der Waals surface area contributed by atoms with E-state index in [1.165, 1.54) is 6.42 Å². The quantitative estimate of drug-likeness (QED) is 0.818. The molecule has 0 spiro atoms. The molecular formula is C20H30N2O2. The SMILES string of the molecule is CCC(C)(C)C1CCC(NC(=O)C(=O)Nc2cccc(C)c2)CC1. The minimum atomic E-state index is -0.586. The highest BCUT2D eigenvalue weighted by Gasteiger charge is 2.32. The van der Waals surface area contributed by atoms with E-state index in [0.29, 0.717) is 17.0 Å². The van der Waals surface area contributed by atoms with Crippen LogP contribution in [-0.2, 0) is 9.59 Å². The summed E-state index contributed by atoms with van der Waals surface area (Å²) in [6, 6.07) is 7.56. The van der Waals surface area contributed by atoms with Crippen LogP contribution >= 0.6 is 0 Å².